The van der Waals surface area contributed by atoms with Crippen LogP contribution in [0, 0.1) is 5.82 Å². The number of nitrogens with one attached hydrogen (secondary N) is 2. The number of aryl methyl sites for hydroxylation is 1. The van der Waals surface area contributed by atoms with Gasteiger partial charge in [0, 0.05) is 29.9 Å². The van der Waals surface area contributed by atoms with Gasteiger partial charge in [-0.1, -0.05) is 11.6 Å². The van der Waals surface area contributed by atoms with Crippen LogP contribution >= 0.6 is 11.6 Å². The van der Waals surface area contributed by atoms with Gasteiger partial charge in [-0.05, 0) is 44.4 Å². The van der Waals surface area contributed by atoms with Crippen molar-refractivity contribution in [1.29, 1.82) is 0 Å². The second-order valence-corrected chi connectivity index (χ2v) is 7.92. The molecule has 1 aromatic carbocycles. The summed E-state index contributed by atoms with van der Waals surface area (Å²) in [7, 11) is 0. The van der Waals surface area contributed by atoms with Crippen molar-refractivity contribution in [3.05, 3.63) is 47.0 Å². The largest absolute Gasteiger partial charge is 0.484 e. The molecule has 2 amide bonds. The van der Waals surface area contributed by atoms with Crippen molar-refractivity contribution in [3.8, 4) is 5.75 Å². The Morgan fingerprint density at radius 1 is 1.25 bits per heavy atom. The summed E-state index contributed by atoms with van der Waals surface area (Å²) < 4.78 is 20.4. The monoisotopic (exact) mass is 406 g/mol. The van der Waals surface area contributed by atoms with E-state index in [2.05, 4.69) is 15.7 Å². The maximum atomic E-state index is 13.4. The summed E-state index contributed by atoms with van der Waals surface area (Å²) in [5.74, 6) is -0.832. The third-order valence-electron chi connectivity index (χ3n) is 5.27. The van der Waals surface area contributed by atoms with Crippen LogP contribution < -0.4 is 15.4 Å². The van der Waals surface area contributed by atoms with Gasteiger partial charge in [-0.15, -0.1) is 0 Å². The van der Waals surface area contributed by atoms with Gasteiger partial charge in [0.05, 0.1) is 5.02 Å². The van der Waals surface area contributed by atoms with E-state index in [0.29, 0.717) is 31.5 Å². The first-order valence-electron chi connectivity index (χ1n) is 9.07. The molecule has 0 aliphatic heterocycles. The molecule has 0 radical (unpaired) electrons. The zero-order valence-corrected chi connectivity index (χ0v) is 16.1. The molecule has 3 saturated carbocycles. The summed E-state index contributed by atoms with van der Waals surface area (Å²) in [6, 6.07) is 5.71. The smallest absolute Gasteiger partial charge is 0.272 e. The molecule has 28 heavy (non-hydrogen) atoms. The van der Waals surface area contributed by atoms with Gasteiger partial charge in [-0.25, -0.2) is 4.39 Å². The molecule has 3 aliphatic rings. The molecule has 148 valence electrons. The van der Waals surface area contributed by atoms with E-state index in [1.54, 1.807) is 16.9 Å². The molecule has 0 atom stereocenters. The highest BCUT2D eigenvalue weighted by Crippen LogP contribution is 2.60. The van der Waals surface area contributed by atoms with E-state index in [0.717, 1.165) is 6.07 Å². The van der Waals surface area contributed by atoms with Gasteiger partial charge < -0.3 is 15.4 Å². The second-order valence-electron chi connectivity index (χ2n) is 7.51. The molecule has 7 nitrogen and oxygen atoms in total. The molecule has 0 saturated heterocycles. The van der Waals surface area contributed by atoms with E-state index >= 15 is 0 Å². The predicted molar refractivity (Wildman–Crippen MR) is 99.7 cm³/mol. The van der Waals surface area contributed by atoms with Crippen LogP contribution in [0.25, 0.3) is 0 Å². The van der Waals surface area contributed by atoms with Gasteiger partial charge in [0.1, 0.15) is 17.3 Å². The minimum Gasteiger partial charge on any atom is -0.484 e. The number of hydrogen-bond donors (Lipinski definition) is 2. The highest BCUT2D eigenvalue weighted by atomic mass is 35.5. The fourth-order valence-electron chi connectivity index (χ4n) is 4.06. The average Bonchev–Trinajstić information content (AvgIpc) is 3.09. The molecule has 3 fully saturated rings. The molecular formula is C19H20ClFN4O3. The summed E-state index contributed by atoms with van der Waals surface area (Å²) >= 11 is 5.61. The summed E-state index contributed by atoms with van der Waals surface area (Å²) in [6.45, 7) is 2.45. The Hall–Kier alpha value is -2.61. The zero-order chi connectivity index (χ0) is 19.9. The highest BCUT2D eigenvalue weighted by Gasteiger charge is 2.69. The summed E-state index contributed by atoms with van der Waals surface area (Å²) in [6.07, 6.45) is 3.82. The van der Waals surface area contributed by atoms with Crippen LogP contribution in [0.2, 0.25) is 5.02 Å². The molecule has 1 aromatic heterocycles. The average molecular weight is 407 g/mol. The summed E-state index contributed by atoms with van der Waals surface area (Å²) in [5, 5.41) is 10.2. The van der Waals surface area contributed by atoms with Gasteiger partial charge in [-0.2, -0.15) is 5.10 Å². The van der Waals surface area contributed by atoms with Crippen LogP contribution in [0.3, 0.4) is 0 Å². The number of rotatable bonds is 7. The molecule has 0 unspecified atom stereocenters. The minimum absolute atomic E-state index is 0.000487. The van der Waals surface area contributed by atoms with E-state index in [9.17, 15) is 14.0 Å². The van der Waals surface area contributed by atoms with Crippen LogP contribution in [-0.2, 0) is 11.3 Å². The fraction of sp³-hybridized carbons (Fsp3) is 0.421. The Morgan fingerprint density at radius 2 is 1.96 bits per heavy atom. The van der Waals surface area contributed by atoms with Gasteiger partial charge in [0.25, 0.3) is 11.8 Å². The molecule has 9 heteroatoms. The van der Waals surface area contributed by atoms with E-state index in [4.69, 9.17) is 16.3 Å². The summed E-state index contributed by atoms with van der Waals surface area (Å²) in [4.78, 5) is 24.4. The molecular weight excluding hydrogens is 387 g/mol. The lowest BCUT2D eigenvalue weighted by molar-refractivity contribution is -0.141. The third-order valence-corrected chi connectivity index (χ3v) is 5.58. The SMILES string of the molecule is CCn1ccc(C(=O)NC23CC(NC(=O)COc4ccc(Cl)c(F)c4)(C2)C3)n1. The number of hydrogen-bond acceptors (Lipinski definition) is 4. The van der Waals surface area contributed by atoms with Crippen LogP contribution in [0.5, 0.6) is 5.75 Å². The quantitative estimate of drug-likeness (QED) is 0.738. The van der Waals surface area contributed by atoms with E-state index < -0.39 is 5.82 Å². The maximum absolute atomic E-state index is 13.4. The maximum Gasteiger partial charge on any atom is 0.272 e. The second kappa shape index (κ2) is 6.77. The number of carbonyl (C=O) groups excluding carboxylic acids is 2. The highest BCUT2D eigenvalue weighted by molar-refractivity contribution is 6.30. The minimum atomic E-state index is -0.597. The lowest BCUT2D eigenvalue weighted by atomic mass is 9.44. The number of aromatic nitrogens is 2. The first-order chi connectivity index (χ1) is 13.3. The zero-order valence-electron chi connectivity index (χ0n) is 15.3. The molecule has 2 aromatic rings. The van der Waals surface area contributed by atoms with Crippen LogP contribution in [-0.4, -0.2) is 39.3 Å². The Kier molecular flexibility index (Phi) is 4.53. The van der Waals surface area contributed by atoms with Crippen molar-refractivity contribution >= 4 is 23.4 Å². The first-order valence-corrected chi connectivity index (χ1v) is 9.45. The Labute approximate surface area is 166 Å². The lowest BCUT2D eigenvalue weighted by Crippen LogP contribution is -2.84. The van der Waals surface area contributed by atoms with Crippen LogP contribution in [0.1, 0.15) is 36.7 Å². The number of amides is 2. The lowest BCUT2D eigenvalue weighted by Gasteiger charge is -2.70. The van der Waals surface area contributed by atoms with Gasteiger partial charge in [0.15, 0.2) is 6.61 Å². The van der Waals surface area contributed by atoms with Crippen molar-refractivity contribution in [3.63, 3.8) is 0 Å². The third kappa shape index (κ3) is 3.44. The molecule has 0 spiro atoms. The van der Waals surface area contributed by atoms with Crippen molar-refractivity contribution in [1.82, 2.24) is 20.4 Å². The van der Waals surface area contributed by atoms with E-state index in [1.807, 2.05) is 6.92 Å². The topological polar surface area (TPSA) is 85.2 Å². The van der Waals surface area contributed by atoms with Gasteiger partial charge >= 0.3 is 0 Å². The van der Waals surface area contributed by atoms with E-state index in [-0.39, 0.29) is 40.3 Å². The molecule has 2 bridgehead atoms. The van der Waals surface area contributed by atoms with Gasteiger partial charge in [0.2, 0.25) is 0 Å². The van der Waals surface area contributed by atoms with E-state index in [1.165, 1.54) is 12.1 Å². The molecule has 2 N–H and O–H groups in total. The molecule has 3 aliphatic carbocycles. The van der Waals surface area contributed by atoms with Gasteiger partial charge in [-0.3, -0.25) is 14.3 Å². The number of ether oxygens (including phenoxy) is 1. The first kappa shape index (κ1) is 18.7. The summed E-state index contributed by atoms with van der Waals surface area (Å²) in [5.41, 5.74) is -0.157. The normalized spacial score (nSPS) is 24.7. The molecule has 5 rings (SSSR count). The Morgan fingerprint density at radius 3 is 2.61 bits per heavy atom. The van der Waals surface area contributed by atoms with Crippen LogP contribution in [0.15, 0.2) is 30.5 Å². The number of halogens is 2. The predicted octanol–water partition coefficient (Wildman–Crippen LogP) is 2.30. The van der Waals surface area contributed by atoms with Crippen molar-refractivity contribution in [2.24, 2.45) is 0 Å². The Balaban J connectivity index is 1.23. The standard InChI is InChI=1S/C19H20ClFN4O3/c1-2-25-6-5-15(24-25)17(27)23-19-9-18(10-19,11-19)22-16(26)8-28-12-3-4-13(20)14(21)7-12/h3-7H,2,8-11H2,1H3,(H,22,26)(H,23,27). The number of carbonyl (C=O) groups is 2. The fourth-order valence-corrected chi connectivity index (χ4v) is 4.18. The van der Waals surface area contributed by atoms with Crippen molar-refractivity contribution in [2.45, 2.75) is 43.8 Å². The molecule has 1 heterocycles. The number of nitrogens with zero attached hydrogens (tertiary/aromatic N) is 2. The Bertz CT molecular complexity index is 925. The van der Waals surface area contributed by atoms with Crippen molar-refractivity contribution in [2.75, 3.05) is 6.61 Å². The number of benzene rings is 1. The van der Waals surface area contributed by atoms with Crippen molar-refractivity contribution < 1.29 is 18.7 Å². The van der Waals surface area contributed by atoms with Crippen LogP contribution in [0.4, 0.5) is 4.39 Å².